The highest BCUT2D eigenvalue weighted by atomic mass is 16.4. The summed E-state index contributed by atoms with van der Waals surface area (Å²) in [5.41, 5.74) is 0. The zero-order valence-electron chi connectivity index (χ0n) is 11.9. The largest absolute Gasteiger partial charge is 0.481 e. The van der Waals surface area contributed by atoms with E-state index in [1.165, 1.54) is 25.7 Å². The molecule has 0 aliphatic heterocycles. The topological polar surface area (TPSA) is 80.9 Å². The van der Waals surface area contributed by atoms with E-state index < -0.39 is 5.97 Å². The van der Waals surface area contributed by atoms with E-state index in [9.17, 15) is 4.79 Å². The molecule has 1 N–H and O–H groups in total. The molecule has 20 heavy (non-hydrogen) atoms. The zero-order chi connectivity index (χ0) is 14.1. The number of fused-ring (bicyclic) bond motifs is 2. The standard InChI is InChI=1S/C14H22N4O2/c1-9(4-14(19)20)8-18-13(15-16-17-18)7-12-6-10-2-3-11(12)5-10/h9-12H,2-8H2,1H3,(H,19,20). The van der Waals surface area contributed by atoms with E-state index in [0.29, 0.717) is 6.54 Å². The molecule has 2 aliphatic rings. The van der Waals surface area contributed by atoms with Crippen LogP contribution >= 0.6 is 0 Å². The normalized spacial score (nSPS) is 29.8. The summed E-state index contributed by atoms with van der Waals surface area (Å²) < 4.78 is 1.81. The number of carbonyl (C=O) groups is 1. The Labute approximate surface area is 118 Å². The van der Waals surface area contributed by atoms with Gasteiger partial charge in [-0.05, 0) is 53.4 Å². The average Bonchev–Trinajstić information content (AvgIpc) is 3.06. The van der Waals surface area contributed by atoms with Crippen LogP contribution in [-0.2, 0) is 17.8 Å². The smallest absolute Gasteiger partial charge is 0.303 e. The molecule has 6 heteroatoms. The van der Waals surface area contributed by atoms with Crippen molar-refractivity contribution < 1.29 is 9.90 Å². The molecule has 2 saturated carbocycles. The van der Waals surface area contributed by atoms with Gasteiger partial charge in [-0.1, -0.05) is 13.3 Å². The molecule has 2 fully saturated rings. The van der Waals surface area contributed by atoms with E-state index in [-0.39, 0.29) is 12.3 Å². The third-order valence-electron chi connectivity index (χ3n) is 4.94. The molecular weight excluding hydrogens is 256 g/mol. The Hall–Kier alpha value is -1.46. The minimum absolute atomic E-state index is 0.0507. The Morgan fingerprint density at radius 3 is 2.95 bits per heavy atom. The molecule has 0 radical (unpaired) electrons. The van der Waals surface area contributed by atoms with Gasteiger partial charge in [0.2, 0.25) is 0 Å². The predicted octanol–water partition coefficient (Wildman–Crippen LogP) is 1.76. The summed E-state index contributed by atoms with van der Waals surface area (Å²) in [6.07, 6.45) is 6.60. The minimum Gasteiger partial charge on any atom is -0.481 e. The van der Waals surface area contributed by atoms with Crippen molar-refractivity contribution in [3.8, 4) is 0 Å². The Morgan fingerprint density at radius 1 is 1.45 bits per heavy atom. The van der Waals surface area contributed by atoms with Crippen LogP contribution in [0.1, 0.15) is 44.9 Å². The molecule has 4 unspecified atom stereocenters. The number of hydrogen-bond acceptors (Lipinski definition) is 4. The minimum atomic E-state index is -0.764. The second-order valence-corrected chi connectivity index (χ2v) is 6.62. The number of carboxylic acids is 1. The van der Waals surface area contributed by atoms with Crippen LogP contribution in [0.5, 0.6) is 0 Å². The van der Waals surface area contributed by atoms with E-state index >= 15 is 0 Å². The van der Waals surface area contributed by atoms with Gasteiger partial charge in [-0.15, -0.1) is 5.10 Å². The number of aliphatic carboxylic acids is 1. The van der Waals surface area contributed by atoms with Gasteiger partial charge in [-0.2, -0.15) is 0 Å². The number of nitrogens with zero attached hydrogens (tertiary/aromatic N) is 4. The van der Waals surface area contributed by atoms with Crippen molar-refractivity contribution in [3.63, 3.8) is 0 Å². The van der Waals surface area contributed by atoms with Crippen LogP contribution in [0, 0.1) is 23.7 Å². The second-order valence-electron chi connectivity index (χ2n) is 6.62. The molecular formula is C14H22N4O2. The summed E-state index contributed by atoms with van der Waals surface area (Å²) in [7, 11) is 0. The van der Waals surface area contributed by atoms with Crippen LogP contribution in [0.2, 0.25) is 0 Å². The van der Waals surface area contributed by atoms with E-state index in [1.54, 1.807) is 4.68 Å². The van der Waals surface area contributed by atoms with Gasteiger partial charge in [0.05, 0.1) is 0 Å². The fraction of sp³-hybridized carbons (Fsp3) is 0.857. The maximum Gasteiger partial charge on any atom is 0.303 e. The van der Waals surface area contributed by atoms with Crippen molar-refractivity contribution in [2.24, 2.45) is 23.7 Å². The van der Waals surface area contributed by atoms with Gasteiger partial charge in [0.15, 0.2) is 5.82 Å². The van der Waals surface area contributed by atoms with Crippen molar-refractivity contribution in [1.29, 1.82) is 0 Å². The highest BCUT2D eigenvalue weighted by molar-refractivity contribution is 5.66. The first-order valence-corrected chi connectivity index (χ1v) is 7.58. The van der Waals surface area contributed by atoms with Crippen LogP contribution in [0.25, 0.3) is 0 Å². The first kappa shape index (κ1) is 13.5. The molecule has 3 rings (SSSR count). The molecule has 0 spiro atoms. The molecule has 4 atom stereocenters. The van der Waals surface area contributed by atoms with Crippen molar-refractivity contribution in [2.75, 3.05) is 0 Å². The Bertz CT molecular complexity index is 487. The quantitative estimate of drug-likeness (QED) is 0.857. The lowest BCUT2D eigenvalue weighted by molar-refractivity contribution is -0.138. The summed E-state index contributed by atoms with van der Waals surface area (Å²) in [5.74, 6) is 2.74. The third kappa shape index (κ3) is 2.83. The number of tetrazole rings is 1. The Kier molecular flexibility index (Phi) is 3.72. The number of rotatable bonds is 6. The lowest BCUT2D eigenvalue weighted by atomic mass is 9.86. The molecule has 0 amide bonds. The zero-order valence-corrected chi connectivity index (χ0v) is 11.9. The molecule has 110 valence electrons. The molecule has 1 aromatic rings. The Balaban J connectivity index is 1.60. The van der Waals surface area contributed by atoms with E-state index in [0.717, 1.165) is 30.0 Å². The predicted molar refractivity (Wildman–Crippen MR) is 71.9 cm³/mol. The summed E-state index contributed by atoms with van der Waals surface area (Å²) in [6, 6.07) is 0. The fourth-order valence-electron chi connectivity index (χ4n) is 4.03. The van der Waals surface area contributed by atoms with E-state index in [1.807, 2.05) is 6.92 Å². The average molecular weight is 278 g/mol. The molecule has 1 aromatic heterocycles. The lowest BCUT2D eigenvalue weighted by Gasteiger charge is -2.21. The molecule has 0 saturated heterocycles. The highest BCUT2D eigenvalue weighted by Gasteiger charge is 2.39. The summed E-state index contributed by atoms with van der Waals surface area (Å²) in [6.45, 7) is 2.52. The van der Waals surface area contributed by atoms with Crippen molar-refractivity contribution in [1.82, 2.24) is 20.2 Å². The van der Waals surface area contributed by atoms with Gasteiger partial charge in [0.1, 0.15) is 0 Å². The molecule has 6 nitrogen and oxygen atoms in total. The first-order chi connectivity index (χ1) is 9.61. The van der Waals surface area contributed by atoms with Gasteiger partial charge in [-0.3, -0.25) is 4.79 Å². The van der Waals surface area contributed by atoms with Crippen molar-refractivity contribution >= 4 is 5.97 Å². The number of aromatic nitrogens is 4. The molecule has 1 heterocycles. The molecule has 0 aromatic carbocycles. The molecule has 2 bridgehead atoms. The highest BCUT2D eigenvalue weighted by Crippen LogP contribution is 2.49. The second kappa shape index (κ2) is 5.50. The van der Waals surface area contributed by atoms with Crippen molar-refractivity contribution in [2.45, 2.75) is 52.0 Å². The van der Waals surface area contributed by atoms with E-state index in [4.69, 9.17) is 5.11 Å². The van der Waals surface area contributed by atoms with E-state index in [2.05, 4.69) is 15.5 Å². The van der Waals surface area contributed by atoms with Gasteiger partial charge in [0.25, 0.3) is 0 Å². The summed E-state index contributed by atoms with van der Waals surface area (Å²) >= 11 is 0. The SMILES string of the molecule is CC(CC(=O)O)Cn1nnnc1CC1CC2CCC1C2. The van der Waals surface area contributed by atoms with Gasteiger partial charge in [0, 0.05) is 19.4 Å². The van der Waals surface area contributed by atoms with Gasteiger partial charge >= 0.3 is 5.97 Å². The lowest BCUT2D eigenvalue weighted by Crippen LogP contribution is -2.19. The molecule has 2 aliphatic carbocycles. The van der Waals surface area contributed by atoms with Crippen LogP contribution in [0.15, 0.2) is 0 Å². The van der Waals surface area contributed by atoms with Crippen LogP contribution in [0.4, 0.5) is 0 Å². The van der Waals surface area contributed by atoms with Crippen LogP contribution in [-0.4, -0.2) is 31.3 Å². The number of hydrogen-bond donors (Lipinski definition) is 1. The fourth-order valence-corrected chi connectivity index (χ4v) is 4.03. The third-order valence-corrected chi connectivity index (χ3v) is 4.94. The summed E-state index contributed by atoms with van der Waals surface area (Å²) in [4.78, 5) is 10.7. The van der Waals surface area contributed by atoms with Gasteiger partial charge < -0.3 is 5.11 Å². The first-order valence-electron chi connectivity index (χ1n) is 7.58. The number of carboxylic acid groups (broad SMARTS) is 1. The Morgan fingerprint density at radius 2 is 2.30 bits per heavy atom. The monoisotopic (exact) mass is 278 g/mol. The maximum atomic E-state index is 10.7. The van der Waals surface area contributed by atoms with Crippen molar-refractivity contribution in [3.05, 3.63) is 5.82 Å². The van der Waals surface area contributed by atoms with Gasteiger partial charge in [-0.25, -0.2) is 4.68 Å². The summed E-state index contributed by atoms with van der Waals surface area (Å²) in [5, 5.41) is 20.8. The van der Waals surface area contributed by atoms with Crippen LogP contribution in [0.3, 0.4) is 0 Å². The maximum absolute atomic E-state index is 10.7. The van der Waals surface area contributed by atoms with Crippen LogP contribution < -0.4 is 0 Å².